The second-order valence-electron chi connectivity index (χ2n) is 5.41. The molecule has 0 radical (unpaired) electrons. The van der Waals surface area contributed by atoms with Gasteiger partial charge in [0.25, 0.3) is 0 Å². The molecule has 4 N–H and O–H groups in total. The van der Waals surface area contributed by atoms with Crippen LogP contribution in [0.25, 0.3) is 0 Å². The van der Waals surface area contributed by atoms with Gasteiger partial charge in [-0.25, -0.2) is 13.1 Å². The zero-order valence-electron chi connectivity index (χ0n) is 10.3. The fourth-order valence-corrected chi connectivity index (χ4v) is 3.22. The Morgan fingerprint density at radius 1 is 1.38 bits per heavy atom. The molecular weight excluding hydrogens is 226 g/mol. The Morgan fingerprint density at radius 2 is 2.00 bits per heavy atom. The van der Waals surface area contributed by atoms with E-state index in [-0.39, 0.29) is 0 Å². The molecule has 5 nitrogen and oxygen atoms in total. The normalized spacial score (nSPS) is 27.2. The summed E-state index contributed by atoms with van der Waals surface area (Å²) in [6.45, 7) is 4.36. The average Bonchev–Trinajstić information content (AvgIpc) is 2.44. The van der Waals surface area contributed by atoms with E-state index in [1.165, 1.54) is 6.26 Å². The number of sulfonamides is 1. The summed E-state index contributed by atoms with van der Waals surface area (Å²) in [5.74, 6) is 0. The molecule has 1 rings (SSSR count). The van der Waals surface area contributed by atoms with Crippen molar-refractivity contribution in [2.75, 3.05) is 12.8 Å². The maximum Gasteiger partial charge on any atom is 0.209 e. The van der Waals surface area contributed by atoms with Gasteiger partial charge in [-0.2, -0.15) is 0 Å². The van der Waals surface area contributed by atoms with E-state index >= 15 is 0 Å². The van der Waals surface area contributed by atoms with Gasteiger partial charge in [0.05, 0.1) is 6.26 Å². The molecule has 0 aromatic heterocycles. The van der Waals surface area contributed by atoms with Gasteiger partial charge in [-0.3, -0.25) is 0 Å². The van der Waals surface area contributed by atoms with Crippen LogP contribution in [-0.4, -0.2) is 38.8 Å². The first-order chi connectivity index (χ1) is 7.18. The van der Waals surface area contributed by atoms with Crippen LogP contribution in [0.4, 0.5) is 0 Å². The summed E-state index contributed by atoms with van der Waals surface area (Å²) in [4.78, 5) is 0. The molecule has 6 heteroatoms. The Bertz CT molecular complexity index is 327. The van der Waals surface area contributed by atoms with Crippen molar-refractivity contribution in [1.82, 2.24) is 10.0 Å². The maximum absolute atomic E-state index is 11.1. The SMILES string of the molecule is CC(C)(CNC1CCC(N)C1)NS(C)(=O)=O. The molecule has 0 spiro atoms. The molecule has 96 valence electrons. The third-order valence-corrected chi connectivity index (χ3v) is 3.69. The van der Waals surface area contributed by atoms with Gasteiger partial charge in [0.2, 0.25) is 10.0 Å². The highest BCUT2D eigenvalue weighted by Gasteiger charge is 2.26. The summed E-state index contributed by atoms with van der Waals surface area (Å²) in [5.41, 5.74) is 5.36. The van der Waals surface area contributed by atoms with Gasteiger partial charge in [0, 0.05) is 24.2 Å². The molecule has 0 amide bonds. The highest BCUT2D eigenvalue weighted by molar-refractivity contribution is 7.88. The lowest BCUT2D eigenvalue weighted by molar-refractivity contribution is 0.387. The van der Waals surface area contributed by atoms with Crippen LogP contribution in [0.3, 0.4) is 0 Å². The van der Waals surface area contributed by atoms with Crippen LogP contribution in [0.1, 0.15) is 33.1 Å². The third kappa shape index (κ3) is 5.25. The number of nitrogens with two attached hydrogens (primary N) is 1. The second-order valence-corrected chi connectivity index (χ2v) is 7.16. The molecule has 1 aliphatic rings. The van der Waals surface area contributed by atoms with Gasteiger partial charge in [0.15, 0.2) is 0 Å². The summed E-state index contributed by atoms with van der Waals surface area (Å²) in [6.07, 6.45) is 4.29. The molecule has 2 atom stereocenters. The average molecular weight is 249 g/mol. The number of hydrogen-bond donors (Lipinski definition) is 3. The predicted octanol–water partition coefficient (Wildman–Crippen LogP) is -0.216. The van der Waals surface area contributed by atoms with Crippen molar-refractivity contribution in [3.05, 3.63) is 0 Å². The largest absolute Gasteiger partial charge is 0.328 e. The maximum atomic E-state index is 11.1. The van der Waals surface area contributed by atoms with Crippen molar-refractivity contribution in [1.29, 1.82) is 0 Å². The monoisotopic (exact) mass is 249 g/mol. The van der Waals surface area contributed by atoms with E-state index in [0.717, 1.165) is 19.3 Å². The molecule has 1 saturated carbocycles. The topological polar surface area (TPSA) is 84.2 Å². The highest BCUT2D eigenvalue weighted by Crippen LogP contribution is 2.17. The molecule has 1 fully saturated rings. The van der Waals surface area contributed by atoms with Crippen molar-refractivity contribution in [2.45, 2.75) is 50.7 Å². The van der Waals surface area contributed by atoms with E-state index in [1.54, 1.807) is 0 Å². The van der Waals surface area contributed by atoms with Crippen molar-refractivity contribution >= 4 is 10.0 Å². The summed E-state index contributed by atoms with van der Waals surface area (Å²) in [6, 6.07) is 0.721. The Kier molecular flexibility index (Phi) is 4.34. The van der Waals surface area contributed by atoms with Crippen LogP contribution in [-0.2, 0) is 10.0 Å². The smallest absolute Gasteiger partial charge is 0.209 e. The molecular formula is C10H23N3O2S. The fourth-order valence-electron chi connectivity index (χ4n) is 2.14. The van der Waals surface area contributed by atoms with Gasteiger partial charge in [-0.1, -0.05) is 0 Å². The van der Waals surface area contributed by atoms with E-state index in [1.807, 2.05) is 13.8 Å². The van der Waals surface area contributed by atoms with Crippen LogP contribution in [0.15, 0.2) is 0 Å². The Balaban J connectivity index is 2.36. The van der Waals surface area contributed by atoms with Gasteiger partial charge in [0.1, 0.15) is 0 Å². The first kappa shape index (κ1) is 13.9. The second kappa shape index (κ2) is 5.00. The Hall–Kier alpha value is -0.170. The van der Waals surface area contributed by atoms with Crippen LogP contribution < -0.4 is 15.8 Å². The van der Waals surface area contributed by atoms with Crippen molar-refractivity contribution in [3.8, 4) is 0 Å². The lowest BCUT2D eigenvalue weighted by Crippen LogP contribution is -2.51. The standard InChI is InChI=1S/C10H23N3O2S/c1-10(2,13-16(3,14)15)7-12-9-5-4-8(11)6-9/h8-9,12-13H,4-7,11H2,1-3H3. The van der Waals surface area contributed by atoms with Crippen molar-refractivity contribution < 1.29 is 8.42 Å². The quantitative estimate of drug-likeness (QED) is 0.629. The molecule has 0 aromatic carbocycles. The first-order valence-electron chi connectivity index (χ1n) is 5.66. The van der Waals surface area contributed by atoms with Crippen molar-refractivity contribution in [3.63, 3.8) is 0 Å². The predicted molar refractivity (Wildman–Crippen MR) is 65.7 cm³/mol. The van der Waals surface area contributed by atoms with Crippen molar-refractivity contribution in [2.24, 2.45) is 5.73 Å². The fraction of sp³-hybridized carbons (Fsp3) is 1.00. The minimum atomic E-state index is -3.15. The minimum Gasteiger partial charge on any atom is -0.328 e. The number of hydrogen-bond acceptors (Lipinski definition) is 4. The van der Waals surface area contributed by atoms with Gasteiger partial charge >= 0.3 is 0 Å². The van der Waals surface area contributed by atoms with Gasteiger partial charge < -0.3 is 11.1 Å². The minimum absolute atomic E-state index is 0.295. The summed E-state index contributed by atoms with van der Waals surface area (Å²) in [5, 5.41) is 3.37. The first-order valence-corrected chi connectivity index (χ1v) is 7.55. The van der Waals surface area contributed by atoms with Gasteiger partial charge in [-0.15, -0.1) is 0 Å². The lowest BCUT2D eigenvalue weighted by Gasteiger charge is -2.27. The molecule has 0 aromatic rings. The third-order valence-electron chi connectivity index (χ3n) is 2.77. The molecule has 0 saturated heterocycles. The Morgan fingerprint density at radius 3 is 2.44 bits per heavy atom. The Labute approximate surface area is 98.2 Å². The van der Waals surface area contributed by atoms with Crippen LogP contribution in [0.2, 0.25) is 0 Å². The van der Waals surface area contributed by atoms with E-state index in [9.17, 15) is 8.42 Å². The summed E-state index contributed by atoms with van der Waals surface area (Å²) >= 11 is 0. The molecule has 0 aliphatic heterocycles. The number of rotatable bonds is 5. The van der Waals surface area contributed by atoms with Gasteiger partial charge in [-0.05, 0) is 33.1 Å². The van der Waals surface area contributed by atoms with E-state index in [4.69, 9.17) is 5.73 Å². The highest BCUT2D eigenvalue weighted by atomic mass is 32.2. The lowest BCUT2D eigenvalue weighted by atomic mass is 10.1. The molecule has 16 heavy (non-hydrogen) atoms. The van der Waals surface area contributed by atoms with Crippen LogP contribution in [0, 0.1) is 0 Å². The van der Waals surface area contributed by atoms with Crippen LogP contribution >= 0.6 is 0 Å². The van der Waals surface area contributed by atoms with Crippen LogP contribution in [0.5, 0.6) is 0 Å². The molecule has 1 aliphatic carbocycles. The summed E-state index contributed by atoms with van der Waals surface area (Å²) in [7, 11) is -3.15. The van der Waals surface area contributed by atoms with E-state index in [0.29, 0.717) is 18.6 Å². The van der Waals surface area contributed by atoms with E-state index in [2.05, 4.69) is 10.0 Å². The van der Waals surface area contributed by atoms with E-state index < -0.39 is 15.6 Å². The number of nitrogens with one attached hydrogen (secondary N) is 2. The zero-order chi connectivity index (χ0) is 12.4. The summed E-state index contributed by atoms with van der Waals surface area (Å²) < 4.78 is 24.9. The molecule has 0 heterocycles. The zero-order valence-corrected chi connectivity index (χ0v) is 11.1. The molecule has 2 unspecified atom stereocenters. The molecule has 0 bridgehead atoms.